The number of rotatable bonds is 2. The van der Waals surface area contributed by atoms with E-state index in [-0.39, 0.29) is 5.91 Å². The number of nitrogens with one attached hydrogen (secondary N) is 1. The molecule has 2 nitrogen and oxygen atoms in total. The molecule has 1 N–H and O–H groups in total. The molecule has 0 saturated heterocycles. The van der Waals surface area contributed by atoms with Crippen molar-refractivity contribution in [2.24, 2.45) is 0 Å². The minimum absolute atomic E-state index is 0.000648. The predicted octanol–water partition coefficient (Wildman–Crippen LogP) is 1.30. The number of hydrogen-bond donors (Lipinski definition) is 1. The second kappa shape index (κ2) is 4.86. The molecular weight excluding hydrogens is 325 g/mol. The summed E-state index contributed by atoms with van der Waals surface area (Å²) in [5, 5.41) is 2.77. The Labute approximate surface area is 92.9 Å². The van der Waals surface area contributed by atoms with Crippen LogP contribution in [0.4, 0.5) is 0 Å². The topological polar surface area (TPSA) is 29.1 Å². The Morgan fingerprint density at radius 3 is 2.50 bits per heavy atom. The normalized spacial score (nSPS) is 9.50. The maximum atomic E-state index is 11.2. The Hall–Kier alpha value is -0.0313. The van der Waals surface area contributed by atoms with E-state index < -0.39 is 0 Å². The summed E-state index contributed by atoms with van der Waals surface area (Å²) in [6.45, 7) is 0. The third kappa shape index (κ3) is 2.78. The molecule has 3 radical (unpaired) electrons. The third-order valence-corrected chi connectivity index (χ3v) is 2.39. The number of hydrogen-bond acceptors (Lipinski definition) is 1. The summed E-state index contributed by atoms with van der Waals surface area (Å²) in [5.74, 6) is -0.000648. The van der Waals surface area contributed by atoms with E-state index in [1.54, 1.807) is 12.1 Å². The van der Waals surface area contributed by atoms with Crippen molar-refractivity contribution in [3.8, 4) is 0 Å². The standard InChI is InChI=1S/C8H7BrNO.Sn/c1-10-8(11)6-2-4-7(9)5-3-6;/h2-5H,1H2,(H,10,11);. The van der Waals surface area contributed by atoms with E-state index in [1.165, 1.54) is 22.5 Å². The van der Waals surface area contributed by atoms with Gasteiger partial charge in [-0.1, -0.05) is 0 Å². The van der Waals surface area contributed by atoms with Gasteiger partial charge in [-0.25, -0.2) is 0 Å². The molecule has 0 fully saturated rings. The first-order valence-corrected chi connectivity index (χ1v) is 6.23. The summed E-state index contributed by atoms with van der Waals surface area (Å²) in [5.41, 5.74) is 0.709. The first kappa shape index (κ1) is 10.1. The molecule has 0 aliphatic rings. The van der Waals surface area contributed by atoms with Gasteiger partial charge in [0.25, 0.3) is 0 Å². The molecule has 1 aromatic rings. The van der Waals surface area contributed by atoms with Gasteiger partial charge in [0.05, 0.1) is 0 Å². The summed E-state index contributed by atoms with van der Waals surface area (Å²) in [7, 11) is 0. The Morgan fingerprint density at radius 1 is 1.42 bits per heavy atom. The zero-order valence-corrected chi connectivity index (χ0v) is 10.7. The van der Waals surface area contributed by atoms with E-state index in [4.69, 9.17) is 0 Å². The fourth-order valence-electron chi connectivity index (χ4n) is 0.784. The zero-order valence-electron chi connectivity index (χ0n) is 6.30. The second-order valence-corrected chi connectivity index (χ2v) is 4.11. The van der Waals surface area contributed by atoms with Crippen LogP contribution in [0.15, 0.2) is 28.7 Å². The van der Waals surface area contributed by atoms with E-state index in [9.17, 15) is 4.79 Å². The van der Waals surface area contributed by atoms with Crippen LogP contribution in [0.2, 0.25) is 0 Å². The fourth-order valence-corrected chi connectivity index (χ4v) is 1.51. The summed E-state index contributed by atoms with van der Waals surface area (Å²) in [6.07, 6.45) is 0. The molecular formula is C8H7BrNOSn. The summed E-state index contributed by atoms with van der Waals surface area (Å²) in [6, 6.07) is 7.31. The maximum absolute atomic E-state index is 11.2. The fraction of sp³-hybridized carbons (Fsp3) is 0.125. The molecule has 1 amide bonds. The van der Waals surface area contributed by atoms with Gasteiger partial charge in [-0.15, -0.1) is 0 Å². The molecule has 12 heavy (non-hydrogen) atoms. The quantitative estimate of drug-likeness (QED) is 0.813. The van der Waals surface area contributed by atoms with Crippen molar-refractivity contribution < 1.29 is 4.79 Å². The minimum atomic E-state index is -0.000648. The van der Waals surface area contributed by atoms with Crippen molar-refractivity contribution in [2.75, 3.05) is 4.56 Å². The average Bonchev–Trinajstić information content (AvgIpc) is 2.06. The SMILES string of the molecule is O=C(N[CH2][Sn])c1ccc(Br)cc1. The van der Waals surface area contributed by atoms with Crippen LogP contribution in [0.1, 0.15) is 10.4 Å². The molecule has 0 atom stereocenters. The molecule has 0 unspecified atom stereocenters. The monoisotopic (exact) mass is 332 g/mol. The molecule has 4 heteroatoms. The summed E-state index contributed by atoms with van der Waals surface area (Å²) < 4.78 is 1.74. The number of halogens is 1. The zero-order chi connectivity index (χ0) is 8.97. The molecule has 61 valence electrons. The Bertz CT molecular complexity index is 273. The van der Waals surface area contributed by atoms with Crippen molar-refractivity contribution in [1.29, 1.82) is 0 Å². The van der Waals surface area contributed by atoms with Crippen LogP contribution >= 0.6 is 15.9 Å². The van der Waals surface area contributed by atoms with Gasteiger partial charge in [0.1, 0.15) is 0 Å². The van der Waals surface area contributed by atoms with Gasteiger partial charge in [-0.2, -0.15) is 0 Å². The van der Waals surface area contributed by atoms with Crippen LogP contribution in [0.3, 0.4) is 0 Å². The van der Waals surface area contributed by atoms with Gasteiger partial charge < -0.3 is 0 Å². The van der Waals surface area contributed by atoms with E-state index in [0.29, 0.717) is 5.56 Å². The summed E-state index contributed by atoms with van der Waals surface area (Å²) >= 11 is 4.62. The van der Waals surface area contributed by atoms with Crippen molar-refractivity contribution in [3.05, 3.63) is 34.3 Å². The molecule has 0 spiro atoms. The van der Waals surface area contributed by atoms with Crippen LogP contribution in [0.5, 0.6) is 0 Å². The van der Waals surface area contributed by atoms with Crippen LogP contribution < -0.4 is 5.32 Å². The average molecular weight is 332 g/mol. The van der Waals surface area contributed by atoms with Gasteiger partial charge in [0.2, 0.25) is 0 Å². The van der Waals surface area contributed by atoms with E-state index in [0.717, 1.165) is 9.03 Å². The van der Waals surface area contributed by atoms with E-state index in [2.05, 4.69) is 21.2 Å². The van der Waals surface area contributed by atoms with Gasteiger partial charge in [-0.3, -0.25) is 0 Å². The number of benzene rings is 1. The van der Waals surface area contributed by atoms with Crippen molar-refractivity contribution in [3.63, 3.8) is 0 Å². The van der Waals surface area contributed by atoms with Gasteiger partial charge in [-0.05, 0) is 0 Å². The van der Waals surface area contributed by atoms with Gasteiger partial charge in [0, 0.05) is 0 Å². The molecule has 1 rings (SSSR count). The van der Waals surface area contributed by atoms with Crippen molar-refractivity contribution in [2.45, 2.75) is 0 Å². The van der Waals surface area contributed by atoms with E-state index >= 15 is 0 Å². The van der Waals surface area contributed by atoms with Gasteiger partial charge in [0.15, 0.2) is 0 Å². The van der Waals surface area contributed by atoms with Crippen molar-refractivity contribution in [1.82, 2.24) is 5.32 Å². The van der Waals surface area contributed by atoms with E-state index in [1.807, 2.05) is 12.1 Å². The van der Waals surface area contributed by atoms with Crippen LogP contribution in [-0.4, -0.2) is 33.0 Å². The first-order chi connectivity index (χ1) is 5.74. The Kier molecular flexibility index (Phi) is 4.08. The van der Waals surface area contributed by atoms with Crippen LogP contribution in [-0.2, 0) is 0 Å². The molecule has 0 heterocycles. The van der Waals surface area contributed by atoms with Crippen LogP contribution in [0.25, 0.3) is 0 Å². The van der Waals surface area contributed by atoms with Crippen molar-refractivity contribution >= 4 is 44.4 Å². The summed E-state index contributed by atoms with van der Waals surface area (Å²) in [4.78, 5) is 11.2. The predicted molar refractivity (Wildman–Crippen MR) is 52.2 cm³/mol. The Balaban J connectivity index is 2.75. The molecule has 0 aliphatic heterocycles. The molecule has 0 aliphatic carbocycles. The van der Waals surface area contributed by atoms with Crippen LogP contribution in [0, 0.1) is 0 Å². The molecule has 1 aromatic carbocycles. The second-order valence-electron chi connectivity index (χ2n) is 2.19. The number of carbonyl (C=O) groups excluding carboxylic acids is 1. The Morgan fingerprint density at radius 2 is 2.00 bits per heavy atom. The molecule has 0 saturated carbocycles. The first-order valence-electron chi connectivity index (χ1n) is 3.42. The molecule has 0 aromatic heterocycles. The number of carbonyl (C=O) groups is 1. The number of amides is 1. The van der Waals surface area contributed by atoms with Gasteiger partial charge >= 0.3 is 93.3 Å². The third-order valence-electron chi connectivity index (χ3n) is 1.36. The molecule has 0 bridgehead atoms.